The molecule has 0 nitrogen and oxygen atoms in total. The highest BCUT2D eigenvalue weighted by molar-refractivity contribution is 5.87. The smallest absolute Gasteiger partial charge is 0.123 e. The largest absolute Gasteiger partial charge is 0.207 e. The first-order valence-electron chi connectivity index (χ1n) is 5.58. The Bertz CT molecular complexity index is 528. The zero-order valence-electron chi connectivity index (χ0n) is 10.3. The van der Waals surface area contributed by atoms with Gasteiger partial charge in [0.05, 0.1) is 0 Å². The summed E-state index contributed by atoms with van der Waals surface area (Å²) in [7, 11) is 0. The molecule has 0 bridgehead atoms. The quantitative estimate of drug-likeness (QED) is 0.604. The van der Waals surface area contributed by atoms with Crippen LogP contribution in [-0.2, 0) is 5.41 Å². The van der Waals surface area contributed by atoms with Crippen molar-refractivity contribution in [3.05, 3.63) is 47.3 Å². The Labute approximate surface area is 96.1 Å². The molecule has 2 aromatic carbocycles. The van der Waals surface area contributed by atoms with Gasteiger partial charge < -0.3 is 0 Å². The van der Waals surface area contributed by atoms with Crippen LogP contribution in [-0.4, -0.2) is 0 Å². The van der Waals surface area contributed by atoms with Crippen LogP contribution >= 0.6 is 0 Å². The SMILES string of the molecule is Cc1cc(C(C)(C)C)c2ccc(F)cc2c1. The fourth-order valence-corrected chi connectivity index (χ4v) is 2.11. The standard InChI is InChI=1S/C15H17F/c1-10-7-11-9-12(16)5-6-13(11)14(8-10)15(2,3)4/h5-9H,1-4H3. The summed E-state index contributed by atoms with van der Waals surface area (Å²) in [5.41, 5.74) is 2.55. The molecule has 0 atom stereocenters. The molecule has 0 N–H and O–H groups in total. The predicted octanol–water partition coefficient (Wildman–Crippen LogP) is 4.58. The molecule has 0 saturated heterocycles. The van der Waals surface area contributed by atoms with Crippen LogP contribution < -0.4 is 0 Å². The van der Waals surface area contributed by atoms with E-state index >= 15 is 0 Å². The van der Waals surface area contributed by atoms with Crippen LogP contribution in [0, 0.1) is 12.7 Å². The maximum absolute atomic E-state index is 13.2. The van der Waals surface area contributed by atoms with E-state index < -0.39 is 0 Å². The second-order valence-corrected chi connectivity index (χ2v) is 5.43. The Hall–Kier alpha value is -1.37. The van der Waals surface area contributed by atoms with Gasteiger partial charge in [-0.2, -0.15) is 0 Å². The summed E-state index contributed by atoms with van der Waals surface area (Å²) in [6, 6.07) is 9.25. The highest BCUT2D eigenvalue weighted by Crippen LogP contribution is 2.31. The van der Waals surface area contributed by atoms with Gasteiger partial charge in [0, 0.05) is 0 Å². The number of rotatable bonds is 0. The van der Waals surface area contributed by atoms with E-state index in [1.165, 1.54) is 17.2 Å². The number of fused-ring (bicyclic) bond motifs is 1. The minimum atomic E-state index is -0.169. The monoisotopic (exact) mass is 216 g/mol. The molecule has 0 fully saturated rings. The summed E-state index contributed by atoms with van der Waals surface area (Å²) in [5.74, 6) is -0.169. The van der Waals surface area contributed by atoms with Crippen molar-refractivity contribution in [1.29, 1.82) is 0 Å². The van der Waals surface area contributed by atoms with Crippen molar-refractivity contribution >= 4 is 10.8 Å². The van der Waals surface area contributed by atoms with E-state index in [9.17, 15) is 4.39 Å². The van der Waals surface area contributed by atoms with Crippen LogP contribution in [0.25, 0.3) is 10.8 Å². The third-order valence-electron chi connectivity index (χ3n) is 2.87. The first-order chi connectivity index (χ1) is 7.38. The number of aryl methyl sites for hydroxylation is 1. The first-order valence-corrected chi connectivity index (χ1v) is 5.58. The van der Waals surface area contributed by atoms with Crippen LogP contribution in [0.5, 0.6) is 0 Å². The lowest BCUT2D eigenvalue weighted by Gasteiger charge is -2.22. The summed E-state index contributed by atoms with van der Waals surface area (Å²) >= 11 is 0. The Morgan fingerprint density at radius 1 is 1.00 bits per heavy atom. The number of hydrogen-bond donors (Lipinski definition) is 0. The van der Waals surface area contributed by atoms with Gasteiger partial charge in [0.1, 0.15) is 5.82 Å². The van der Waals surface area contributed by atoms with E-state index in [4.69, 9.17) is 0 Å². The van der Waals surface area contributed by atoms with Crippen molar-refractivity contribution in [1.82, 2.24) is 0 Å². The van der Waals surface area contributed by atoms with Crippen LogP contribution in [0.3, 0.4) is 0 Å². The average molecular weight is 216 g/mol. The van der Waals surface area contributed by atoms with Crippen LogP contribution in [0.1, 0.15) is 31.9 Å². The maximum Gasteiger partial charge on any atom is 0.123 e. The normalized spacial score (nSPS) is 12.1. The summed E-state index contributed by atoms with van der Waals surface area (Å²) in [4.78, 5) is 0. The zero-order valence-corrected chi connectivity index (χ0v) is 10.3. The predicted molar refractivity (Wildman–Crippen MR) is 67.3 cm³/mol. The lowest BCUT2D eigenvalue weighted by atomic mass is 9.83. The highest BCUT2D eigenvalue weighted by atomic mass is 19.1. The molecule has 16 heavy (non-hydrogen) atoms. The van der Waals surface area contributed by atoms with E-state index in [1.54, 1.807) is 6.07 Å². The molecule has 0 spiro atoms. The van der Waals surface area contributed by atoms with Crippen molar-refractivity contribution in [2.45, 2.75) is 33.1 Å². The first kappa shape index (κ1) is 11.1. The maximum atomic E-state index is 13.2. The molecular formula is C15H17F. The summed E-state index contributed by atoms with van der Waals surface area (Å²) in [6.45, 7) is 8.61. The molecule has 84 valence electrons. The van der Waals surface area contributed by atoms with E-state index in [0.29, 0.717) is 0 Å². The summed E-state index contributed by atoms with van der Waals surface area (Å²) in [6.07, 6.45) is 0. The second kappa shape index (κ2) is 3.58. The lowest BCUT2D eigenvalue weighted by molar-refractivity contribution is 0.595. The molecule has 0 unspecified atom stereocenters. The van der Waals surface area contributed by atoms with Gasteiger partial charge in [0.15, 0.2) is 0 Å². The summed E-state index contributed by atoms with van der Waals surface area (Å²) in [5, 5.41) is 2.14. The number of hydrogen-bond acceptors (Lipinski definition) is 0. The van der Waals surface area contributed by atoms with Gasteiger partial charge in [-0.3, -0.25) is 0 Å². The fraction of sp³-hybridized carbons (Fsp3) is 0.333. The zero-order chi connectivity index (χ0) is 11.9. The van der Waals surface area contributed by atoms with Gasteiger partial charge in [-0.05, 0) is 40.8 Å². The van der Waals surface area contributed by atoms with Crippen molar-refractivity contribution in [2.75, 3.05) is 0 Å². The van der Waals surface area contributed by atoms with Gasteiger partial charge in [-0.25, -0.2) is 4.39 Å². The Balaban J connectivity index is 2.83. The topological polar surface area (TPSA) is 0 Å². The molecule has 2 rings (SSSR count). The van der Waals surface area contributed by atoms with E-state index in [1.807, 2.05) is 12.1 Å². The molecule has 2 aromatic rings. The molecule has 0 saturated carbocycles. The molecule has 0 amide bonds. The molecule has 0 aromatic heterocycles. The third-order valence-corrected chi connectivity index (χ3v) is 2.87. The highest BCUT2D eigenvalue weighted by Gasteiger charge is 2.17. The van der Waals surface area contributed by atoms with Gasteiger partial charge >= 0.3 is 0 Å². The van der Waals surface area contributed by atoms with Gasteiger partial charge in [0.2, 0.25) is 0 Å². The van der Waals surface area contributed by atoms with E-state index in [-0.39, 0.29) is 11.2 Å². The van der Waals surface area contributed by atoms with Crippen LogP contribution in [0.15, 0.2) is 30.3 Å². The molecule has 0 heterocycles. The molecule has 1 heteroatoms. The van der Waals surface area contributed by atoms with Gasteiger partial charge in [0.25, 0.3) is 0 Å². The van der Waals surface area contributed by atoms with Gasteiger partial charge in [-0.1, -0.05) is 44.5 Å². The molecule has 0 radical (unpaired) electrons. The molecule has 0 aliphatic carbocycles. The van der Waals surface area contributed by atoms with Crippen molar-refractivity contribution in [3.63, 3.8) is 0 Å². The van der Waals surface area contributed by atoms with Crippen molar-refractivity contribution in [3.8, 4) is 0 Å². The average Bonchev–Trinajstić information content (AvgIpc) is 2.14. The van der Waals surface area contributed by atoms with E-state index in [2.05, 4.69) is 33.8 Å². The van der Waals surface area contributed by atoms with Crippen LogP contribution in [0.4, 0.5) is 4.39 Å². The van der Waals surface area contributed by atoms with Gasteiger partial charge in [-0.15, -0.1) is 0 Å². The van der Waals surface area contributed by atoms with Crippen LogP contribution in [0.2, 0.25) is 0 Å². The molecule has 0 aliphatic rings. The third kappa shape index (κ3) is 1.95. The minimum Gasteiger partial charge on any atom is -0.207 e. The second-order valence-electron chi connectivity index (χ2n) is 5.43. The number of benzene rings is 2. The lowest BCUT2D eigenvalue weighted by Crippen LogP contribution is -2.12. The summed E-state index contributed by atoms with van der Waals surface area (Å²) < 4.78 is 13.2. The van der Waals surface area contributed by atoms with E-state index in [0.717, 1.165) is 10.8 Å². The fourth-order valence-electron chi connectivity index (χ4n) is 2.11. The Kier molecular flexibility index (Phi) is 2.49. The Morgan fingerprint density at radius 2 is 1.69 bits per heavy atom. The Morgan fingerprint density at radius 3 is 2.31 bits per heavy atom. The molecule has 0 aliphatic heterocycles. The number of halogens is 1. The van der Waals surface area contributed by atoms with Crippen molar-refractivity contribution in [2.24, 2.45) is 0 Å². The van der Waals surface area contributed by atoms with Crippen molar-refractivity contribution < 1.29 is 4.39 Å². The minimum absolute atomic E-state index is 0.0854. The molecular weight excluding hydrogens is 199 g/mol.